The smallest absolute Gasteiger partial charge is 0.303 e. The number of para-hydroxylation sites is 1. The number of aryl methyl sites for hydroxylation is 2. The number of rotatable bonds is 4. The van der Waals surface area contributed by atoms with Crippen LogP contribution in [0.5, 0.6) is 0 Å². The van der Waals surface area contributed by atoms with E-state index in [2.05, 4.69) is 10.3 Å². The lowest BCUT2D eigenvalue weighted by Gasteiger charge is -2.06. The Morgan fingerprint density at radius 1 is 1.33 bits per heavy atom. The van der Waals surface area contributed by atoms with Gasteiger partial charge in [-0.3, -0.25) is 4.79 Å². The summed E-state index contributed by atoms with van der Waals surface area (Å²) in [4.78, 5) is 10.6. The molecule has 0 fully saturated rings. The van der Waals surface area contributed by atoms with Crippen LogP contribution in [0.15, 0.2) is 24.3 Å². The monoisotopic (exact) mass is 245 g/mol. The average Bonchev–Trinajstić information content (AvgIpc) is 2.69. The maximum atomic E-state index is 10.6. The van der Waals surface area contributed by atoms with Gasteiger partial charge in [0.2, 0.25) is 0 Å². The van der Waals surface area contributed by atoms with Crippen molar-refractivity contribution in [2.75, 3.05) is 0 Å². The minimum absolute atomic E-state index is 0.0767. The van der Waals surface area contributed by atoms with E-state index in [-0.39, 0.29) is 6.42 Å². The number of carbonyl (C=O) groups is 1. The zero-order chi connectivity index (χ0) is 13.1. The predicted molar refractivity (Wildman–Crippen MR) is 66.8 cm³/mol. The van der Waals surface area contributed by atoms with E-state index in [0.717, 1.165) is 22.6 Å². The molecule has 0 aliphatic carbocycles. The van der Waals surface area contributed by atoms with Crippen molar-refractivity contribution in [3.8, 4) is 5.69 Å². The quantitative estimate of drug-likeness (QED) is 0.893. The van der Waals surface area contributed by atoms with E-state index in [0.29, 0.717) is 6.42 Å². The fourth-order valence-corrected chi connectivity index (χ4v) is 1.85. The summed E-state index contributed by atoms with van der Waals surface area (Å²) in [5.41, 5.74) is 3.71. The third-order valence-corrected chi connectivity index (χ3v) is 2.91. The second kappa shape index (κ2) is 5.00. The van der Waals surface area contributed by atoms with Crippen LogP contribution < -0.4 is 0 Å². The van der Waals surface area contributed by atoms with Gasteiger partial charge in [-0.2, -0.15) is 0 Å². The van der Waals surface area contributed by atoms with Gasteiger partial charge in [-0.05, 0) is 25.5 Å². The number of hydrogen-bond donors (Lipinski definition) is 1. The molecule has 18 heavy (non-hydrogen) atoms. The summed E-state index contributed by atoms with van der Waals surface area (Å²) in [7, 11) is 0. The highest BCUT2D eigenvalue weighted by Crippen LogP contribution is 2.16. The highest BCUT2D eigenvalue weighted by Gasteiger charge is 2.12. The molecule has 1 aromatic carbocycles. The van der Waals surface area contributed by atoms with Crippen molar-refractivity contribution >= 4 is 5.97 Å². The largest absolute Gasteiger partial charge is 0.481 e. The molecule has 2 aromatic rings. The lowest BCUT2D eigenvalue weighted by atomic mass is 10.2. The van der Waals surface area contributed by atoms with Crippen LogP contribution in [0.1, 0.15) is 23.4 Å². The SMILES string of the molecule is Cc1ccccc1-n1nnc(CCC(=O)O)c1C. The Morgan fingerprint density at radius 2 is 2.06 bits per heavy atom. The summed E-state index contributed by atoms with van der Waals surface area (Å²) in [6.45, 7) is 3.91. The van der Waals surface area contributed by atoms with Crippen molar-refractivity contribution in [2.45, 2.75) is 26.7 Å². The van der Waals surface area contributed by atoms with E-state index in [4.69, 9.17) is 5.11 Å². The lowest BCUT2D eigenvalue weighted by Crippen LogP contribution is -2.02. The van der Waals surface area contributed by atoms with Crippen LogP contribution in [-0.4, -0.2) is 26.1 Å². The van der Waals surface area contributed by atoms with Crippen molar-refractivity contribution in [3.05, 3.63) is 41.2 Å². The van der Waals surface area contributed by atoms with Gasteiger partial charge in [-0.25, -0.2) is 4.68 Å². The molecule has 0 spiro atoms. The first-order valence-electron chi connectivity index (χ1n) is 5.78. The van der Waals surface area contributed by atoms with Crippen molar-refractivity contribution in [1.29, 1.82) is 0 Å². The van der Waals surface area contributed by atoms with Crippen molar-refractivity contribution in [3.63, 3.8) is 0 Å². The van der Waals surface area contributed by atoms with Gasteiger partial charge in [0.25, 0.3) is 0 Å². The topological polar surface area (TPSA) is 68.0 Å². The molecular weight excluding hydrogens is 230 g/mol. The molecular formula is C13H15N3O2. The molecule has 0 bridgehead atoms. The first-order chi connectivity index (χ1) is 8.59. The number of nitrogens with zero attached hydrogens (tertiary/aromatic N) is 3. The molecule has 0 radical (unpaired) electrons. The van der Waals surface area contributed by atoms with Crippen molar-refractivity contribution in [2.24, 2.45) is 0 Å². The van der Waals surface area contributed by atoms with Gasteiger partial charge in [0.15, 0.2) is 0 Å². The molecule has 0 aliphatic rings. The minimum Gasteiger partial charge on any atom is -0.481 e. The van der Waals surface area contributed by atoms with E-state index in [1.54, 1.807) is 4.68 Å². The first kappa shape index (κ1) is 12.3. The van der Waals surface area contributed by atoms with E-state index >= 15 is 0 Å². The lowest BCUT2D eigenvalue weighted by molar-refractivity contribution is -0.136. The molecule has 1 heterocycles. The van der Waals surface area contributed by atoms with Crippen LogP contribution in [0.4, 0.5) is 0 Å². The summed E-state index contributed by atoms with van der Waals surface area (Å²) < 4.78 is 1.76. The predicted octanol–water partition coefficient (Wildman–Crippen LogP) is 1.90. The zero-order valence-electron chi connectivity index (χ0n) is 10.4. The number of aliphatic carboxylic acids is 1. The fourth-order valence-electron chi connectivity index (χ4n) is 1.85. The molecule has 5 nitrogen and oxygen atoms in total. The van der Waals surface area contributed by atoms with E-state index in [1.807, 2.05) is 38.1 Å². The molecule has 0 unspecified atom stereocenters. The molecule has 0 aliphatic heterocycles. The maximum absolute atomic E-state index is 10.6. The molecule has 0 saturated carbocycles. The fraction of sp³-hybridized carbons (Fsp3) is 0.308. The highest BCUT2D eigenvalue weighted by molar-refractivity contribution is 5.67. The Balaban J connectivity index is 2.31. The third kappa shape index (κ3) is 2.40. The summed E-state index contributed by atoms with van der Waals surface area (Å²) >= 11 is 0. The van der Waals surface area contributed by atoms with Crippen molar-refractivity contribution in [1.82, 2.24) is 15.0 Å². The minimum atomic E-state index is -0.820. The number of benzene rings is 1. The molecule has 0 amide bonds. The first-order valence-corrected chi connectivity index (χ1v) is 5.78. The van der Waals surface area contributed by atoms with Gasteiger partial charge in [-0.1, -0.05) is 23.4 Å². The summed E-state index contributed by atoms with van der Waals surface area (Å²) in [5.74, 6) is -0.820. The Hall–Kier alpha value is -2.17. The van der Waals surface area contributed by atoms with Crippen LogP contribution >= 0.6 is 0 Å². The standard InChI is InChI=1S/C13H15N3O2/c1-9-5-3-4-6-12(9)16-10(2)11(14-15-16)7-8-13(17)18/h3-6H,7-8H2,1-2H3,(H,17,18). The molecule has 0 saturated heterocycles. The average molecular weight is 245 g/mol. The maximum Gasteiger partial charge on any atom is 0.303 e. The van der Waals surface area contributed by atoms with Gasteiger partial charge >= 0.3 is 5.97 Å². The molecule has 1 aromatic heterocycles. The summed E-state index contributed by atoms with van der Waals surface area (Å²) in [5, 5.41) is 16.8. The number of aromatic nitrogens is 3. The Morgan fingerprint density at radius 3 is 2.72 bits per heavy atom. The van der Waals surface area contributed by atoms with E-state index in [9.17, 15) is 4.79 Å². The van der Waals surface area contributed by atoms with Gasteiger partial charge < -0.3 is 5.11 Å². The number of carboxylic acid groups (broad SMARTS) is 1. The van der Waals surface area contributed by atoms with Crippen molar-refractivity contribution < 1.29 is 9.90 Å². The Kier molecular flexibility index (Phi) is 3.41. The number of hydrogen-bond acceptors (Lipinski definition) is 3. The van der Waals surface area contributed by atoms with Gasteiger partial charge in [0.1, 0.15) is 0 Å². The van der Waals surface area contributed by atoms with Crippen LogP contribution in [0, 0.1) is 13.8 Å². The Labute approximate surface area is 105 Å². The number of carboxylic acids is 1. The Bertz CT molecular complexity index is 575. The van der Waals surface area contributed by atoms with Crippen LogP contribution in [0.2, 0.25) is 0 Å². The van der Waals surface area contributed by atoms with Crippen LogP contribution in [-0.2, 0) is 11.2 Å². The van der Waals surface area contributed by atoms with Gasteiger partial charge in [0, 0.05) is 6.42 Å². The second-order valence-electron chi connectivity index (χ2n) is 4.21. The second-order valence-corrected chi connectivity index (χ2v) is 4.21. The molecule has 1 N–H and O–H groups in total. The van der Waals surface area contributed by atoms with Crippen LogP contribution in [0.3, 0.4) is 0 Å². The van der Waals surface area contributed by atoms with E-state index in [1.165, 1.54) is 0 Å². The third-order valence-electron chi connectivity index (χ3n) is 2.91. The molecule has 0 atom stereocenters. The molecule has 94 valence electrons. The molecule has 2 rings (SSSR count). The van der Waals surface area contributed by atoms with Gasteiger partial charge in [-0.15, -0.1) is 5.10 Å². The summed E-state index contributed by atoms with van der Waals surface area (Å²) in [6.07, 6.45) is 0.486. The zero-order valence-corrected chi connectivity index (χ0v) is 10.4. The molecule has 5 heteroatoms. The van der Waals surface area contributed by atoms with Crippen LogP contribution in [0.25, 0.3) is 5.69 Å². The highest BCUT2D eigenvalue weighted by atomic mass is 16.4. The van der Waals surface area contributed by atoms with Gasteiger partial charge in [0.05, 0.1) is 23.5 Å². The van der Waals surface area contributed by atoms with E-state index < -0.39 is 5.97 Å². The normalized spacial score (nSPS) is 10.6. The summed E-state index contributed by atoms with van der Waals surface area (Å²) in [6, 6.07) is 7.89.